The van der Waals surface area contributed by atoms with Gasteiger partial charge in [-0.25, -0.2) is 8.42 Å². The Bertz CT molecular complexity index is 518. The molecule has 1 aliphatic rings. The van der Waals surface area contributed by atoms with Crippen molar-refractivity contribution in [3.8, 4) is 0 Å². The fourth-order valence-electron chi connectivity index (χ4n) is 2.20. The van der Waals surface area contributed by atoms with E-state index in [0.717, 1.165) is 12.8 Å². The topological polar surface area (TPSA) is 70.2 Å². The van der Waals surface area contributed by atoms with Gasteiger partial charge in [-0.05, 0) is 31.9 Å². The van der Waals surface area contributed by atoms with Gasteiger partial charge in [-0.1, -0.05) is 0 Å². The lowest BCUT2D eigenvalue weighted by molar-refractivity contribution is 0.0687. The molecule has 1 atom stereocenters. The van der Waals surface area contributed by atoms with E-state index in [1.807, 2.05) is 0 Å². The summed E-state index contributed by atoms with van der Waals surface area (Å²) >= 11 is 0. The Kier molecular flexibility index (Phi) is 3.47. The van der Waals surface area contributed by atoms with Crippen molar-refractivity contribution in [2.75, 3.05) is 12.0 Å². The molecule has 0 bridgehead atoms. The first-order valence-corrected chi connectivity index (χ1v) is 8.08. The first-order chi connectivity index (χ1) is 8.38. The minimum Gasteiger partial charge on any atom is -0.357 e. The number of nitrogens with zero attached hydrogens (tertiary/aromatic N) is 1. The van der Waals surface area contributed by atoms with E-state index < -0.39 is 9.84 Å². The summed E-state index contributed by atoms with van der Waals surface area (Å²) in [4.78, 5) is 16.9. The summed E-state index contributed by atoms with van der Waals surface area (Å²) in [5.74, 6) is -0.102. The Morgan fingerprint density at radius 1 is 1.56 bits per heavy atom. The number of rotatable bonds is 5. The van der Waals surface area contributed by atoms with Crippen molar-refractivity contribution in [1.82, 2.24) is 9.88 Å². The Balaban J connectivity index is 2.16. The monoisotopic (exact) mass is 270 g/mol. The quantitative estimate of drug-likeness (QED) is 0.869. The van der Waals surface area contributed by atoms with Crippen molar-refractivity contribution >= 4 is 15.7 Å². The number of carbonyl (C=O) groups excluding carboxylic acids is 1. The van der Waals surface area contributed by atoms with Crippen molar-refractivity contribution in [2.24, 2.45) is 0 Å². The van der Waals surface area contributed by atoms with E-state index in [1.165, 1.54) is 6.26 Å². The average Bonchev–Trinajstić information content (AvgIpc) is 2.91. The number of hydrogen-bond donors (Lipinski definition) is 1. The summed E-state index contributed by atoms with van der Waals surface area (Å²) in [6.07, 6.45) is 4.81. The van der Waals surface area contributed by atoms with Crippen LogP contribution in [0.5, 0.6) is 0 Å². The highest BCUT2D eigenvalue weighted by molar-refractivity contribution is 7.90. The molecule has 1 N–H and O–H groups in total. The molecule has 1 saturated carbocycles. The third kappa shape index (κ3) is 3.13. The average molecular weight is 270 g/mol. The number of amides is 1. The SMILES string of the molecule is CC(CS(C)(=O)=O)N(C(=O)c1ccc[nH]1)C1CC1. The van der Waals surface area contributed by atoms with E-state index >= 15 is 0 Å². The zero-order valence-corrected chi connectivity index (χ0v) is 11.4. The highest BCUT2D eigenvalue weighted by Gasteiger charge is 2.37. The van der Waals surface area contributed by atoms with Crippen LogP contribution in [0.4, 0.5) is 0 Å². The van der Waals surface area contributed by atoms with Crippen molar-refractivity contribution in [3.63, 3.8) is 0 Å². The third-order valence-electron chi connectivity index (χ3n) is 3.02. The molecule has 1 aromatic heterocycles. The maximum absolute atomic E-state index is 12.3. The molecule has 0 saturated heterocycles. The van der Waals surface area contributed by atoms with Crippen LogP contribution in [0.3, 0.4) is 0 Å². The Morgan fingerprint density at radius 2 is 2.22 bits per heavy atom. The highest BCUT2D eigenvalue weighted by Crippen LogP contribution is 2.30. The molecule has 100 valence electrons. The fraction of sp³-hybridized carbons (Fsp3) is 0.583. The molecule has 1 fully saturated rings. The van der Waals surface area contributed by atoms with Gasteiger partial charge < -0.3 is 9.88 Å². The van der Waals surface area contributed by atoms with Gasteiger partial charge in [0.1, 0.15) is 15.5 Å². The molecule has 18 heavy (non-hydrogen) atoms. The van der Waals surface area contributed by atoms with E-state index in [-0.39, 0.29) is 23.7 Å². The lowest BCUT2D eigenvalue weighted by atomic mass is 10.2. The van der Waals surface area contributed by atoms with Crippen LogP contribution in [-0.2, 0) is 9.84 Å². The van der Waals surface area contributed by atoms with Crippen LogP contribution in [0.15, 0.2) is 18.3 Å². The van der Waals surface area contributed by atoms with E-state index in [4.69, 9.17) is 0 Å². The molecule has 2 rings (SSSR count). The molecule has 1 amide bonds. The van der Waals surface area contributed by atoms with Gasteiger partial charge in [0.2, 0.25) is 0 Å². The van der Waals surface area contributed by atoms with Gasteiger partial charge in [0.25, 0.3) is 5.91 Å². The normalized spacial score (nSPS) is 17.4. The minimum absolute atomic E-state index is 0.00987. The van der Waals surface area contributed by atoms with E-state index in [0.29, 0.717) is 5.69 Å². The van der Waals surface area contributed by atoms with Crippen LogP contribution in [0.2, 0.25) is 0 Å². The molecule has 1 aliphatic carbocycles. The molecular weight excluding hydrogens is 252 g/mol. The van der Waals surface area contributed by atoms with Gasteiger partial charge in [-0.15, -0.1) is 0 Å². The highest BCUT2D eigenvalue weighted by atomic mass is 32.2. The van der Waals surface area contributed by atoms with Crippen LogP contribution in [0.1, 0.15) is 30.3 Å². The molecule has 6 heteroatoms. The van der Waals surface area contributed by atoms with Crippen molar-refractivity contribution < 1.29 is 13.2 Å². The second-order valence-electron chi connectivity index (χ2n) is 4.97. The fourth-order valence-corrected chi connectivity index (χ4v) is 3.24. The van der Waals surface area contributed by atoms with E-state index in [9.17, 15) is 13.2 Å². The maximum Gasteiger partial charge on any atom is 0.270 e. The summed E-state index contributed by atoms with van der Waals surface area (Å²) in [7, 11) is -3.08. The Labute approximate surface area is 107 Å². The van der Waals surface area contributed by atoms with Crippen LogP contribution in [0.25, 0.3) is 0 Å². The summed E-state index contributed by atoms with van der Waals surface area (Å²) < 4.78 is 22.7. The van der Waals surface area contributed by atoms with Gasteiger partial charge in [-0.3, -0.25) is 4.79 Å². The van der Waals surface area contributed by atoms with Crippen LogP contribution < -0.4 is 0 Å². The summed E-state index contributed by atoms with van der Waals surface area (Å²) in [5, 5.41) is 0. The van der Waals surface area contributed by atoms with E-state index in [2.05, 4.69) is 4.98 Å². The second-order valence-corrected chi connectivity index (χ2v) is 7.15. The zero-order chi connectivity index (χ0) is 13.3. The van der Waals surface area contributed by atoms with Gasteiger partial charge in [0.05, 0.1) is 5.75 Å². The van der Waals surface area contributed by atoms with Crippen molar-refractivity contribution in [3.05, 3.63) is 24.0 Å². The summed E-state index contributed by atoms with van der Waals surface area (Å²) in [6.45, 7) is 1.79. The second kappa shape index (κ2) is 4.76. The third-order valence-corrected chi connectivity index (χ3v) is 4.11. The molecular formula is C12H18N2O3S. The largest absolute Gasteiger partial charge is 0.357 e. The number of sulfone groups is 1. The number of aromatic amines is 1. The van der Waals surface area contributed by atoms with Crippen LogP contribution in [0, 0.1) is 0 Å². The molecule has 1 heterocycles. The van der Waals surface area contributed by atoms with Crippen molar-refractivity contribution in [1.29, 1.82) is 0 Å². The Hall–Kier alpha value is -1.30. The molecule has 0 spiro atoms. The van der Waals surface area contributed by atoms with Crippen molar-refractivity contribution in [2.45, 2.75) is 31.8 Å². The molecule has 0 aliphatic heterocycles. The number of nitrogens with one attached hydrogen (secondary N) is 1. The molecule has 1 unspecified atom stereocenters. The maximum atomic E-state index is 12.3. The lowest BCUT2D eigenvalue weighted by Crippen LogP contribution is -2.43. The summed E-state index contributed by atoms with van der Waals surface area (Å²) in [6, 6.07) is 3.38. The predicted octanol–water partition coefficient (Wildman–Crippen LogP) is 1.05. The molecule has 5 nitrogen and oxygen atoms in total. The summed E-state index contributed by atoms with van der Waals surface area (Å²) in [5.41, 5.74) is 0.516. The van der Waals surface area contributed by atoms with Gasteiger partial charge in [-0.2, -0.15) is 0 Å². The van der Waals surface area contributed by atoms with Gasteiger partial charge >= 0.3 is 0 Å². The number of carbonyl (C=O) groups is 1. The van der Waals surface area contributed by atoms with E-state index in [1.54, 1.807) is 30.2 Å². The molecule has 1 aromatic rings. The standard InChI is InChI=1S/C12H18N2O3S/c1-9(8-18(2,16)17)14(10-5-6-10)12(15)11-4-3-7-13-11/h3-4,7,9-10,13H,5-6,8H2,1-2H3. The molecule has 0 radical (unpaired) electrons. The van der Waals surface area contributed by atoms with Crippen LogP contribution in [-0.4, -0.2) is 48.3 Å². The molecule has 0 aromatic carbocycles. The van der Waals surface area contributed by atoms with Gasteiger partial charge in [0, 0.05) is 24.5 Å². The first kappa shape index (κ1) is 13.1. The number of H-pyrrole nitrogens is 1. The number of aromatic nitrogens is 1. The smallest absolute Gasteiger partial charge is 0.270 e. The lowest BCUT2D eigenvalue weighted by Gasteiger charge is -2.28. The first-order valence-electron chi connectivity index (χ1n) is 6.02. The van der Waals surface area contributed by atoms with Crippen LogP contribution >= 0.6 is 0 Å². The Morgan fingerprint density at radius 3 is 2.67 bits per heavy atom. The number of hydrogen-bond acceptors (Lipinski definition) is 3. The predicted molar refractivity (Wildman–Crippen MR) is 69.2 cm³/mol. The minimum atomic E-state index is -3.08. The van der Waals surface area contributed by atoms with Gasteiger partial charge in [0.15, 0.2) is 0 Å². The zero-order valence-electron chi connectivity index (χ0n) is 10.6.